The van der Waals surface area contributed by atoms with E-state index in [4.69, 9.17) is 5.26 Å². The Morgan fingerprint density at radius 2 is 2.30 bits per heavy atom. The lowest BCUT2D eigenvalue weighted by molar-refractivity contribution is -0.112. The van der Waals surface area contributed by atoms with Gasteiger partial charge in [-0.3, -0.25) is 10.1 Å². The summed E-state index contributed by atoms with van der Waals surface area (Å²) >= 11 is 1.22. The minimum absolute atomic E-state index is 0.0659. The average Bonchev–Trinajstić information content (AvgIpc) is 2.81. The third kappa shape index (κ3) is 3.40. The lowest BCUT2D eigenvalue weighted by Crippen LogP contribution is -2.13. The summed E-state index contributed by atoms with van der Waals surface area (Å²) in [6, 6.07) is 8.09. The van der Waals surface area contributed by atoms with E-state index in [-0.39, 0.29) is 11.3 Å². The fourth-order valence-corrected chi connectivity index (χ4v) is 2.03. The van der Waals surface area contributed by atoms with Gasteiger partial charge < -0.3 is 5.11 Å². The van der Waals surface area contributed by atoms with E-state index in [0.717, 1.165) is 5.01 Å². The number of phenolic OH excluding ortho intramolecular Hbond substituents is 1. The molecule has 2 aromatic rings. The molecular weight excluding hydrogens is 276 g/mol. The predicted molar refractivity (Wildman–Crippen MR) is 75.0 cm³/mol. The van der Waals surface area contributed by atoms with Gasteiger partial charge >= 0.3 is 0 Å². The summed E-state index contributed by atoms with van der Waals surface area (Å²) in [6.45, 7) is 1.76. The van der Waals surface area contributed by atoms with Gasteiger partial charge in [0.15, 0.2) is 0 Å². The van der Waals surface area contributed by atoms with Crippen LogP contribution in [0, 0.1) is 18.3 Å². The Bertz CT molecular complexity index is 715. The second-order valence-corrected chi connectivity index (χ2v) is 5.03. The van der Waals surface area contributed by atoms with Crippen molar-refractivity contribution >= 4 is 28.5 Å². The van der Waals surface area contributed by atoms with Gasteiger partial charge in [-0.1, -0.05) is 23.5 Å². The zero-order chi connectivity index (χ0) is 14.5. The van der Waals surface area contributed by atoms with Crippen LogP contribution in [0.4, 0.5) is 5.13 Å². The zero-order valence-corrected chi connectivity index (χ0v) is 11.3. The largest absolute Gasteiger partial charge is 0.508 e. The third-order valence-electron chi connectivity index (χ3n) is 2.29. The number of hydrogen-bond acceptors (Lipinski definition) is 6. The van der Waals surface area contributed by atoms with E-state index >= 15 is 0 Å². The highest BCUT2D eigenvalue weighted by atomic mass is 32.1. The van der Waals surface area contributed by atoms with Gasteiger partial charge in [0.05, 0.1) is 0 Å². The summed E-state index contributed by atoms with van der Waals surface area (Å²) in [5.74, 6) is -0.497. The number of amides is 1. The first-order chi connectivity index (χ1) is 9.58. The molecule has 2 N–H and O–H groups in total. The number of benzene rings is 1. The molecule has 0 aliphatic rings. The molecule has 1 aromatic carbocycles. The van der Waals surface area contributed by atoms with Crippen LogP contribution in [0.2, 0.25) is 0 Å². The molecule has 2 rings (SSSR count). The maximum Gasteiger partial charge on any atom is 0.268 e. The number of aromatic nitrogens is 2. The molecule has 0 spiro atoms. The number of carbonyl (C=O) groups excluding carboxylic acids is 1. The fourth-order valence-electron chi connectivity index (χ4n) is 1.44. The number of aromatic hydroxyl groups is 1. The van der Waals surface area contributed by atoms with Gasteiger partial charge in [-0.05, 0) is 30.7 Å². The quantitative estimate of drug-likeness (QED) is 0.665. The molecule has 0 fully saturated rings. The van der Waals surface area contributed by atoms with Crippen molar-refractivity contribution in [3.63, 3.8) is 0 Å². The van der Waals surface area contributed by atoms with Crippen molar-refractivity contribution in [1.29, 1.82) is 5.26 Å². The first-order valence-electron chi connectivity index (χ1n) is 5.61. The summed E-state index contributed by atoms with van der Waals surface area (Å²) in [5, 5.41) is 29.5. The number of phenols is 1. The van der Waals surface area contributed by atoms with Crippen molar-refractivity contribution in [2.24, 2.45) is 0 Å². The summed E-state index contributed by atoms with van der Waals surface area (Å²) in [6.07, 6.45) is 1.39. The second-order valence-electron chi connectivity index (χ2n) is 3.85. The van der Waals surface area contributed by atoms with E-state index < -0.39 is 5.91 Å². The topological polar surface area (TPSA) is 98.9 Å². The molecule has 0 saturated heterocycles. The van der Waals surface area contributed by atoms with E-state index in [1.165, 1.54) is 29.5 Å². The summed E-state index contributed by atoms with van der Waals surface area (Å²) in [7, 11) is 0. The summed E-state index contributed by atoms with van der Waals surface area (Å²) in [4.78, 5) is 11.9. The molecule has 1 aromatic heterocycles. The molecule has 0 aliphatic carbocycles. The number of hydrogen-bond donors (Lipinski definition) is 2. The molecule has 1 heterocycles. The molecule has 0 aliphatic heterocycles. The molecule has 0 bridgehead atoms. The highest BCUT2D eigenvalue weighted by Gasteiger charge is 2.11. The minimum Gasteiger partial charge on any atom is -0.508 e. The van der Waals surface area contributed by atoms with Crippen molar-refractivity contribution in [2.75, 3.05) is 5.32 Å². The van der Waals surface area contributed by atoms with E-state index in [1.54, 1.807) is 19.1 Å². The molecular formula is C13H10N4O2S. The van der Waals surface area contributed by atoms with Crippen LogP contribution in [-0.4, -0.2) is 21.2 Å². The molecule has 0 saturated carbocycles. The highest BCUT2D eigenvalue weighted by molar-refractivity contribution is 7.15. The van der Waals surface area contributed by atoms with E-state index in [1.807, 2.05) is 6.07 Å². The number of rotatable bonds is 3. The number of nitrogens with one attached hydrogen (secondary N) is 1. The van der Waals surface area contributed by atoms with Crippen LogP contribution in [-0.2, 0) is 4.79 Å². The number of aryl methyl sites for hydroxylation is 1. The zero-order valence-electron chi connectivity index (χ0n) is 10.5. The van der Waals surface area contributed by atoms with Gasteiger partial charge in [-0.15, -0.1) is 10.2 Å². The Morgan fingerprint density at radius 3 is 2.90 bits per heavy atom. The summed E-state index contributed by atoms with van der Waals surface area (Å²) in [5.41, 5.74) is 0.480. The van der Waals surface area contributed by atoms with Crippen LogP contribution in [0.3, 0.4) is 0 Å². The number of nitriles is 1. The van der Waals surface area contributed by atoms with Gasteiger partial charge in [-0.25, -0.2) is 0 Å². The van der Waals surface area contributed by atoms with Crippen LogP contribution in [0.5, 0.6) is 5.75 Å². The first-order valence-corrected chi connectivity index (χ1v) is 6.42. The van der Waals surface area contributed by atoms with Gasteiger partial charge in [-0.2, -0.15) is 5.26 Å². The highest BCUT2D eigenvalue weighted by Crippen LogP contribution is 2.17. The molecule has 7 heteroatoms. The van der Waals surface area contributed by atoms with Crippen LogP contribution in [0.25, 0.3) is 6.08 Å². The average molecular weight is 286 g/mol. The second kappa shape index (κ2) is 5.95. The van der Waals surface area contributed by atoms with E-state index in [0.29, 0.717) is 10.7 Å². The van der Waals surface area contributed by atoms with Crippen molar-refractivity contribution in [3.8, 4) is 11.8 Å². The maximum absolute atomic E-state index is 11.9. The Kier molecular flexibility index (Phi) is 4.08. The van der Waals surface area contributed by atoms with Crippen molar-refractivity contribution in [1.82, 2.24) is 10.2 Å². The van der Waals surface area contributed by atoms with Crippen LogP contribution in [0.15, 0.2) is 29.8 Å². The molecule has 1 amide bonds. The Labute approximate surface area is 119 Å². The van der Waals surface area contributed by atoms with Crippen LogP contribution >= 0.6 is 11.3 Å². The molecule has 20 heavy (non-hydrogen) atoms. The Balaban J connectivity index is 2.19. The molecule has 6 nitrogen and oxygen atoms in total. The number of carbonyl (C=O) groups is 1. The van der Waals surface area contributed by atoms with Gasteiger partial charge in [0.1, 0.15) is 22.4 Å². The normalized spacial score (nSPS) is 10.9. The van der Waals surface area contributed by atoms with E-state index in [9.17, 15) is 9.90 Å². The van der Waals surface area contributed by atoms with Gasteiger partial charge in [0.25, 0.3) is 5.91 Å². The Hall–Kier alpha value is -2.72. The van der Waals surface area contributed by atoms with E-state index in [2.05, 4.69) is 15.5 Å². The lowest BCUT2D eigenvalue weighted by Gasteiger charge is -2.00. The maximum atomic E-state index is 11.9. The molecule has 0 unspecified atom stereocenters. The monoisotopic (exact) mass is 286 g/mol. The third-order valence-corrected chi connectivity index (χ3v) is 3.05. The first kappa shape index (κ1) is 13.7. The van der Waals surface area contributed by atoms with Crippen LogP contribution < -0.4 is 5.32 Å². The smallest absolute Gasteiger partial charge is 0.268 e. The Morgan fingerprint density at radius 1 is 1.50 bits per heavy atom. The molecule has 100 valence electrons. The number of anilines is 1. The standard InChI is InChI=1S/C13H10N4O2S/c1-8-16-17-13(20-8)15-12(19)10(7-14)5-9-3-2-4-11(18)6-9/h2-6,18H,1H3,(H,15,17,19)/b10-5+. The lowest BCUT2D eigenvalue weighted by atomic mass is 10.1. The van der Waals surface area contributed by atoms with Crippen molar-refractivity contribution in [2.45, 2.75) is 6.92 Å². The molecule has 0 radical (unpaired) electrons. The number of nitrogens with zero attached hydrogens (tertiary/aromatic N) is 3. The SMILES string of the molecule is Cc1nnc(NC(=O)/C(C#N)=C/c2cccc(O)c2)s1. The summed E-state index contributed by atoms with van der Waals surface area (Å²) < 4.78 is 0. The minimum atomic E-state index is -0.563. The van der Waals surface area contributed by atoms with Crippen molar-refractivity contribution in [3.05, 3.63) is 40.4 Å². The fraction of sp³-hybridized carbons (Fsp3) is 0.0769. The predicted octanol–water partition coefficient (Wildman–Crippen LogP) is 2.10. The molecule has 0 atom stereocenters. The van der Waals surface area contributed by atoms with Crippen molar-refractivity contribution < 1.29 is 9.90 Å². The van der Waals surface area contributed by atoms with Gasteiger partial charge in [0, 0.05) is 0 Å². The van der Waals surface area contributed by atoms with Gasteiger partial charge in [0.2, 0.25) is 5.13 Å². The van der Waals surface area contributed by atoms with Crippen LogP contribution in [0.1, 0.15) is 10.6 Å².